The molecule has 0 aromatic rings. The first kappa shape index (κ1) is 11.9. The van der Waals surface area contributed by atoms with Gasteiger partial charge in [-0.1, -0.05) is 13.8 Å². The number of nitrogens with zero attached hydrogens (tertiary/aromatic N) is 1. The predicted octanol–water partition coefficient (Wildman–Crippen LogP) is 0.827. The van der Waals surface area contributed by atoms with E-state index < -0.39 is 0 Å². The summed E-state index contributed by atoms with van der Waals surface area (Å²) in [7, 11) is 0. The van der Waals surface area contributed by atoms with Crippen LogP contribution in [0.5, 0.6) is 0 Å². The van der Waals surface area contributed by atoms with Crippen molar-refractivity contribution < 1.29 is 9.53 Å². The van der Waals surface area contributed by atoms with Gasteiger partial charge in [-0.2, -0.15) is 0 Å². The highest BCUT2D eigenvalue weighted by Gasteiger charge is 2.34. The molecule has 92 valence electrons. The van der Waals surface area contributed by atoms with Crippen LogP contribution < -0.4 is 5.32 Å². The Hall–Kier alpha value is -0.610. The van der Waals surface area contributed by atoms with E-state index >= 15 is 0 Å². The Morgan fingerprint density at radius 2 is 2.12 bits per heavy atom. The molecule has 2 aliphatic heterocycles. The number of ether oxygens (including phenoxy) is 1. The second kappa shape index (κ2) is 5.15. The molecular formula is C12H22N2O2. The molecule has 0 aromatic carbocycles. The number of hydrogen-bond donors (Lipinski definition) is 1. The lowest BCUT2D eigenvalue weighted by molar-refractivity contribution is -0.130. The SMILES string of the molecule is CC(C)C1NCN(CC2CCOCC2)C1=O. The third-order valence-corrected chi connectivity index (χ3v) is 3.57. The first-order chi connectivity index (χ1) is 7.68. The van der Waals surface area contributed by atoms with Gasteiger partial charge in [0, 0.05) is 19.8 Å². The lowest BCUT2D eigenvalue weighted by Gasteiger charge is -2.26. The summed E-state index contributed by atoms with van der Waals surface area (Å²) in [5, 5.41) is 3.29. The zero-order valence-electron chi connectivity index (χ0n) is 10.2. The Balaban J connectivity index is 1.84. The molecule has 4 heteroatoms. The highest BCUT2D eigenvalue weighted by Crippen LogP contribution is 2.19. The van der Waals surface area contributed by atoms with E-state index in [0.29, 0.717) is 11.8 Å². The van der Waals surface area contributed by atoms with Crippen LogP contribution in [0.3, 0.4) is 0 Å². The quantitative estimate of drug-likeness (QED) is 0.775. The molecule has 0 radical (unpaired) electrons. The number of carbonyl (C=O) groups excluding carboxylic acids is 1. The fourth-order valence-corrected chi connectivity index (χ4v) is 2.49. The predicted molar refractivity (Wildman–Crippen MR) is 61.9 cm³/mol. The Kier molecular flexibility index (Phi) is 3.82. The summed E-state index contributed by atoms with van der Waals surface area (Å²) in [6.07, 6.45) is 2.19. The highest BCUT2D eigenvalue weighted by atomic mass is 16.5. The van der Waals surface area contributed by atoms with Crippen molar-refractivity contribution in [1.82, 2.24) is 10.2 Å². The third-order valence-electron chi connectivity index (χ3n) is 3.57. The average Bonchev–Trinajstić information content (AvgIpc) is 2.62. The van der Waals surface area contributed by atoms with Gasteiger partial charge >= 0.3 is 0 Å². The maximum Gasteiger partial charge on any atom is 0.241 e. The highest BCUT2D eigenvalue weighted by molar-refractivity contribution is 5.84. The maximum atomic E-state index is 12.1. The van der Waals surface area contributed by atoms with E-state index in [-0.39, 0.29) is 11.9 Å². The average molecular weight is 226 g/mol. The van der Waals surface area contributed by atoms with Crippen molar-refractivity contribution in [2.24, 2.45) is 11.8 Å². The first-order valence-corrected chi connectivity index (χ1v) is 6.28. The van der Waals surface area contributed by atoms with Gasteiger partial charge in [0.15, 0.2) is 0 Å². The van der Waals surface area contributed by atoms with Crippen LogP contribution in [0, 0.1) is 11.8 Å². The van der Waals surface area contributed by atoms with E-state index in [1.54, 1.807) is 0 Å². The van der Waals surface area contributed by atoms with Crippen molar-refractivity contribution >= 4 is 5.91 Å². The van der Waals surface area contributed by atoms with Gasteiger partial charge < -0.3 is 9.64 Å². The molecule has 2 heterocycles. The topological polar surface area (TPSA) is 41.6 Å². The van der Waals surface area contributed by atoms with Crippen LogP contribution in [0.4, 0.5) is 0 Å². The summed E-state index contributed by atoms with van der Waals surface area (Å²) in [5.41, 5.74) is 0. The molecule has 2 saturated heterocycles. The second-order valence-electron chi connectivity index (χ2n) is 5.20. The summed E-state index contributed by atoms with van der Waals surface area (Å²) in [6, 6.07) is 0.0276. The molecule has 0 saturated carbocycles. The van der Waals surface area contributed by atoms with Gasteiger partial charge in [-0.05, 0) is 24.7 Å². The standard InChI is InChI=1S/C12H22N2O2/c1-9(2)11-12(15)14(8-13-11)7-10-3-5-16-6-4-10/h9-11,13H,3-8H2,1-2H3. The number of rotatable bonds is 3. The number of amides is 1. The van der Waals surface area contributed by atoms with Crippen LogP contribution in [0.25, 0.3) is 0 Å². The summed E-state index contributed by atoms with van der Waals surface area (Å²) < 4.78 is 5.33. The molecule has 2 aliphatic rings. The van der Waals surface area contributed by atoms with E-state index in [4.69, 9.17) is 4.74 Å². The third kappa shape index (κ3) is 2.55. The fraction of sp³-hybridized carbons (Fsp3) is 0.917. The van der Waals surface area contributed by atoms with E-state index in [1.807, 2.05) is 4.90 Å². The van der Waals surface area contributed by atoms with Crippen LogP contribution in [0.15, 0.2) is 0 Å². The molecule has 16 heavy (non-hydrogen) atoms. The van der Waals surface area contributed by atoms with Crippen LogP contribution >= 0.6 is 0 Å². The molecular weight excluding hydrogens is 204 g/mol. The molecule has 1 unspecified atom stereocenters. The van der Waals surface area contributed by atoms with E-state index in [9.17, 15) is 4.79 Å². The summed E-state index contributed by atoms with van der Waals surface area (Å²) >= 11 is 0. The number of carbonyl (C=O) groups is 1. The smallest absolute Gasteiger partial charge is 0.241 e. The van der Waals surface area contributed by atoms with Crippen molar-refractivity contribution in [2.75, 3.05) is 26.4 Å². The van der Waals surface area contributed by atoms with Crippen LogP contribution in [0.1, 0.15) is 26.7 Å². The van der Waals surface area contributed by atoms with Crippen LogP contribution in [-0.4, -0.2) is 43.3 Å². The number of nitrogens with one attached hydrogen (secondary N) is 1. The fourth-order valence-electron chi connectivity index (χ4n) is 2.49. The second-order valence-corrected chi connectivity index (χ2v) is 5.20. The number of hydrogen-bond acceptors (Lipinski definition) is 3. The Morgan fingerprint density at radius 3 is 2.69 bits per heavy atom. The minimum absolute atomic E-state index is 0.0276. The Labute approximate surface area is 97.3 Å². The van der Waals surface area contributed by atoms with Gasteiger partial charge in [-0.25, -0.2) is 0 Å². The summed E-state index contributed by atoms with van der Waals surface area (Å²) in [4.78, 5) is 14.0. The van der Waals surface area contributed by atoms with Crippen molar-refractivity contribution in [3.8, 4) is 0 Å². The van der Waals surface area contributed by atoms with Crippen molar-refractivity contribution in [1.29, 1.82) is 0 Å². The molecule has 1 amide bonds. The van der Waals surface area contributed by atoms with Crippen molar-refractivity contribution in [2.45, 2.75) is 32.7 Å². The van der Waals surface area contributed by atoms with Crippen LogP contribution in [0.2, 0.25) is 0 Å². The van der Waals surface area contributed by atoms with Gasteiger partial charge in [0.2, 0.25) is 5.91 Å². The molecule has 1 N–H and O–H groups in total. The molecule has 2 rings (SSSR count). The van der Waals surface area contributed by atoms with E-state index in [1.165, 1.54) is 0 Å². The maximum absolute atomic E-state index is 12.1. The summed E-state index contributed by atoms with van der Waals surface area (Å²) in [6.45, 7) is 7.51. The van der Waals surface area contributed by atoms with Crippen molar-refractivity contribution in [3.63, 3.8) is 0 Å². The van der Waals surface area contributed by atoms with E-state index in [2.05, 4.69) is 19.2 Å². The molecule has 0 bridgehead atoms. The molecule has 1 atom stereocenters. The van der Waals surface area contributed by atoms with Gasteiger partial charge in [0.1, 0.15) is 0 Å². The van der Waals surface area contributed by atoms with E-state index in [0.717, 1.165) is 39.3 Å². The van der Waals surface area contributed by atoms with Gasteiger partial charge in [0.25, 0.3) is 0 Å². The Bertz CT molecular complexity index is 249. The lowest BCUT2D eigenvalue weighted by atomic mass is 9.99. The first-order valence-electron chi connectivity index (χ1n) is 6.28. The van der Waals surface area contributed by atoms with Crippen LogP contribution in [-0.2, 0) is 9.53 Å². The minimum atomic E-state index is 0.0276. The summed E-state index contributed by atoms with van der Waals surface area (Å²) in [5.74, 6) is 1.29. The van der Waals surface area contributed by atoms with Crippen molar-refractivity contribution in [3.05, 3.63) is 0 Å². The monoisotopic (exact) mass is 226 g/mol. The zero-order chi connectivity index (χ0) is 11.5. The molecule has 0 spiro atoms. The zero-order valence-corrected chi connectivity index (χ0v) is 10.2. The largest absolute Gasteiger partial charge is 0.381 e. The Morgan fingerprint density at radius 1 is 1.44 bits per heavy atom. The van der Waals surface area contributed by atoms with Gasteiger partial charge in [-0.3, -0.25) is 10.1 Å². The van der Waals surface area contributed by atoms with Gasteiger partial charge in [-0.15, -0.1) is 0 Å². The molecule has 0 aliphatic carbocycles. The molecule has 0 aromatic heterocycles. The normalized spacial score (nSPS) is 28.1. The molecule has 2 fully saturated rings. The molecule has 4 nitrogen and oxygen atoms in total. The van der Waals surface area contributed by atoms with Gasteiger partial charge in [0.05, 0.1) is 12.7 Å². The lowest BCUT2D eigenvalue weighted by Crippen LogP contribution is -2.37. The minimum Gasteiger partial charge on any atom is -0.381 e.